The minimum Gasteiger partial charge on any atom is -0.492 e. The molecule has 0 bridgehead atoms. The third-order valence-corrected chi connectivity index (χ3v) is 4.77. The molecule has 0 aliphatic heterocycles. The Morgan fingerprint density at radius 2 is 1.90 bits per heavy atom. The van der Waals surface area contributed by atoms with Crippen LogP contribution in [-0.2, 0) is 0 Å². The van der Waals surface area contributed by atoms with E-state index in [0.29, 0.717) is 35.6 Å². The van der Waals surface area contributed by atoms with Crippen molar-refractivity contribution in [2.45, 2.75) is 31.9 Å². The predicted octanol–water partition coefficient (Wildman–Crippen LogP) is 4.50. The lowest BCUT2D eigenvalue weighted by Crippen LogP contribution is -2.26. The number of halogens is 3. The first-order valence-corrected chi connectivity index (χ1v) is 9.88. The molecular weight excluding hydrogens is 409 g/mol. The number of benzene rings is 1. The largest absolute Gasteiger partial charge is 0.492 e. The van der Waals surface area contributed by atoms with Gasteiger partial charge in [-0.25, -0.2) is 0 Å². The summed E-state index contributed by atoms with van der Waals surface area (Å²) < 4.78 is 44.4. The first kappa shape index (κ1) is 22.3. The number of ether oxygens (including phenoxy) is 1. The van der Waals surface area contributed by atoms with Gasteiger partial charge in [-0.3, -0.25) is 14.8 Å². The molecule has 1 heterocycles. The number of alkyl halides is 3. The zero-order valence-corrected chi connectivity index (χ0v) is 16.8. The lowest BCUT2D eigenvalue weighted by molar-refractivity contribution is -0.0933. The van der Waals surface area contributed by atoms with Crippen molar-refractivity contribution in [2.24, 2.45) is 10.7 Å². The standard InChI is InChI=1S/C22H23F3N4O2/c23-22(24,25)20(26)18-5-1-2-6-19(18)28-12-13-31-17-9-7-15(8-10-17)21(30)29-16-4-3-11-27-14-16/h3-4,7-11,14H,1-2,5-6,12-13,26H2,(H,29,30). The van der Waals surface area contributed by atoms with Crippen LogP contribution < -0.4 is 15.8 Å². The fourth-order valence-electron chi connectivity index (χ4n) is 3.21. The summed E-state index contributed by atoms with van der Waals surface area (Å²) in [6.45, 7) is 0.414. The van der Waals surface area contributed by atoms with Crippen molar-refractivity contribution in [1.29, 1.82) is 0 Å². The molecule has 0 spiro atoms. The van der Waals surface area contributed by atoms with Crippen molar-refractivity contribution in [3.63, 3.8) is 0 Å². The Labute approximate surface area is 178 Å². The first-order valence-electron chi connectivity index (χ1n) is 9.88. The summed E-state index contributed by atoms with van der Waals surface area (Å²) in [7, 11) is 0. The molecule has 0 unspecified atom stereocenters. The topological polar surface area (TPSA) is 89.6 Å². The molecule has 1 aliphatic carbocycles. The van der Waals surface area contributed by atoms with E-state index in [9.17, 15) is 18.0 Å². The highest BCUT2D eigenvalue weighted by atomic mass is 19.4. The number of rotatable bonds is 6. The number of allylic oxidation sites excluding steroid dienone is 2. The van der Waals surface area contributed by atoms with E-state index in [0.717, 1.165) is 6.42 Å². The van der Waals surface area contributed by atoms with Gasteiger partial charge in [0, 0.05) is 23.0 Å². The van der Waals surface area contributed by atoms with Crippen LogP contribution in [0.3, 0.4) is 0 Å². The maximum atomic E-state index is 12.9. The quantitative estimate of drug-likeness (QED) is 0.658. The van der Waals surface area contributed by atoms with Crippen molar-refractivity contribution < 1.29 is 22.7 Å². The summed E-state index contributed by atoms with van der Waals surface area (Å²) in [5, 5.41) is 2.74. The van der Waals surface area contributed by atoms with Gasteiger partial charge in [0.1, 0.15) is 18.1 Å². The fraction of sp³-hybridized carbons (Fsp3) is 0.318. The molecule has 6 nitrogen and oxygen atoms in total. The van der Waals surface area contributed by atoms with Crippen LogP contribution in [0.25, 0.3) is 0 Å². The highest BCUT2D eigenvalue weighted by Gasteiger charge is 2.35. The zero-order valence-electron chi connectivity index (χ0n) is 16.8. The molecular formula is C22H23F3N4O2. The minimum absolute atomic E-state index is 0.0998. The fourth-order valence-corrected chi connectivity index (χ4v) is 3.21. The third kappa shape index (κ3) is 6.31. The van der Waals surface area contributed by atoms with Gasteiger partial charge in [0.15, 0.2) is 0 Å². The van der Waals surface area contributed by atoms with Crippen molar-refractivity contribution >= 4 is 17.3 Å². The van der Waals surface area contributed by atoms with E-state index < -0.39 is 11.9 Å². The number of nitrogens with two attached hydrogens (primary N) is 1. The SMILES string of the molecule is NC(=C1CCCCC1=NCCOc1ccc(C(=O)Nc2cccnc2)cc1)C(F)(F)F. The van der Waals surface area contributed by atoms with Crippen LogP contribution in [0.4, 0.5) is 18.9 Å². The summed E-state index contributed by atoms with van der Waals surface area (Å²) in [6, 6.07) is 10.0. The van der Waals surface area contributed by atoms with Crippen LogP contribution in [0.2, 0.25) is 0 Å². The Morgan fingerprint density at radius 1 is 1.16 bits per heavy atom. The Kier molecular flexibility index (Phi) is 7.28. The second kappa shape index (κ2) is 10.1. The number of aromatic nitrogens is 1. The number of hydrogen-bond acceptors (Lipinski definition) is 5. The molecule has 1 aliphatic rings. The molecule has 3 N–H and O–H groups in total. The Morgan fingerprint density at radius 3 is 2.58 bits per heavy atom. The molecule has 1 aromatic heterocycles. The maximum Gasteiger partial charge on any atom is 0.431 e. The summed E-state index contributed by atoms with van der Waals surface area (Å²) >= 11 is 0. The van der Waals surface area contributed by atoms with Gasteiger partial charge in [-0.2, -0.15) is 13.2 Å². The van der Waals surface area contributed by atoms with E-state index in [1.165, 1.54) is 0 Å². The van der Waals surface area contributed by atoms with Crippen LogP contribution in [0.5, 0.6) is 5.75 Å². The molecule has 2 aromatic rings. The van der Waals surface area contributed by atoms with Gasteiger partial charge >= 0.3 is 6.18 Å². The summed E-state index contributed by atoms with van der Waals surface area (Å²) in [5.74, 6) is 0.261. The Balaban J connectivity index is 1.54. The van der Waals surface area contributed by atoms with Gasteiger partial charge in [0.25, 0.3) is 5.91 Å². The van der Waals surface area contributed by atoms with Crippen LogP contribution >= 0.6 is 0 Å². The van der Waals surface area contributed by atoms with E-state index in [4.69, 9.17) is 10.5 Å². The number of amides is 1. The average molecular weight is 432 g/mol. The van der Waals surface area contributed by atoms with Crippen LogP contribution in [0.1, 0.15) is 36.0 Å². The van der Waals surface area contributed by atoms with E-state index in [-0.39, 0.29) is 31.1 Å². The molecule has 9 heteroatoms. The number of nitrogens with zero attached hydrogens (tertiary/aromatic N) is 2. The minimum atomic E-state index is -4.55. The van der Waals surface area contributed by atoms with Crippen LogP contribution in [0, 0.1) is 0 Å². The molecule has 0 radical (unpaired) electrons. The van der Waals surface area contributed by atoms with E-state index in [1.807, 2.05) is 0 Å². The summed E-state index contributed by atoms with van der Waals surface area (Å²) in [6.07, 6.45) is 0.837. The predicted molar refractivity (Wildman–Crippen MR) is 112 cm³/mol. The number of carbonyl (C=O) groups is 1. The van der Waals surface area contributed by atoms with Crippen molar-refractivity contribution in [3.05, 3.63) is 65.6 Å². The highest BCUT2D eigenvalue weighted by molar-refractivity contribution is 6.04. The molecule has 164 valence electrons. The average Bonchev–Trinajstić information content (AvgIpc) is 2.77. The van der Waals surface area contributed by atoms with E-state index in [1.54, 1.807) is 48.8 Å². The number of carbonyl (C=O) groups excluding carboxylic acids is 1. The number of hydrogen-bond donors (Lipinski definition) is 2. The second-order valence-corrected chi connectivity index (χ2v) is 6.99. The van der Waals surface area contributed by atoms with E-state index >= 15 is 0 Å². The molecule has 1 fully saturated rings. The lowest BCUT2D eigenvalue weighted by atomic mass is 9.91. The maximum absolute atomic E-state index is 12.9. The monoisotopic (exact) mass is 432 g/mol. The van der Waals surface area contributed by atoms with E-state index in [2.05, 4.69) is 15.3 Å². The van der Waals surface area contributed by atoms with Crippen molar-refractivity contribution in [3.8, 4) is 5.75 Å². The van der Waals surface area contributed by atoms with Gasteiger partial charge in [0.05, 0.1) is 18.4 Å². The van der Waals surface area contributed by atoms with Gasteiger partial charge in [0.2, 0.25) is 0 Å². The molecule has 3 rings (SSSR count). The molecule has 1 aromatic carbocycles. The van der Waals surface area contributed by atoms with Crippen molar-refractivity contribution in [1.82, 2.24) is 4.98 Å². The van der Waals surface area contributed by atoms with Crippen LogP contribution in [0.15, 0.2) is 65.1 Å². The summed E-state index contributed by atoms with van der Waals surface area (Å²) in [5.41, 5.74) is 5.81. The first-order chi connectivity index (χ1) is 14.8. The number of anilines is 1. The number of aliphatic imine (C=N–C) groups is 1. The normalized spacial score (nSPS) is 17.3. The lowest BCUT2D eigenvalue weighted by Gasteiger charge is -2.21. The third-order valence-electron chi connectivity index (χ3n) is 4.77. The van der Waals surface area contributed by atoms with Crippen LogP contribution in [-0.4, -0.2) is 35.9 Å². The van der Waals surface area contributed by atoms with Gasteiger partial charge < -0.3 is 15.8 Å². The van der Waals surface area contributed by atoms with Gasteiger partial charge in [-0.1, -0.05) is 0 Å². The smallest absolute Gasteiger partial charge is 0.431 e. The molecule has 31 heavy (non-hydrogen) atoms. The molecule has 1 amide bonds. The highest BCUT2D eigenvalue weighted by Crippen LogP contribution is 2.30. The number of pyridine rings is 1. The van der Waals surface area contributed by atoms with Gasteiger partial charge in [-0.15, -0.1) is 0 Å². The molecule has 1 saturated carbocycles. The van der Waals surface area contributed by atoms with Crippen molar-refractivity contribution in [2.75, 3.05) is 18.5 Å². The van der Waals surface area contributed by atoms with Gasteiger partial charge in [-0.05, 0) is 62.1 Å². The second-order valence-electron chi connectivity index (χ2n) is 6.99. The summed E-state index contributed by atoms with van der Waals surface area (Å²) in [4.78, 5) is 20.5. The Bertz CT molecular complexity index is 955. The Hall–Kier alpha value is -3.36. The molecule has 0 saturated heterocycles. The molecule has 0 atom stereocenters. The zero-order chi connectivity index (χ0) is 22.3. The number of nitrogens with one attached hydrogen (secondary N) is 1.